The zero-order valence-electron chi connectivity index (χ0n) is 32.8. The van der Waals surface area contributed by atoms with Gasteiger partial charge in [-0.1, -0.05) is 39.5 Å². The van der Waals surface area contributed by atoms with Gasteiger partial charge < -0.3 is 41.5 Å². The maximum atomic E-state index is 11.8. The van der Waals surface area contributed by atoms with Crippen LogP contribution < -0.4 is 22.1 Å². The van der Waals surface area contributed by atoms with Crippen molar-refractivity contribution in [3.05, 3.63) is 22.5 Å². The topological polar surface area (TPSA) is 202 Å². The van der Waals surface area contributed by atoms with Crippen LogP contribution in [0.2, 0.25) is 0 Å². The van der Waals surface area contributed by atoms with Crippen molar-refractivity contribution in [2.75, 3.05) is 35.2 Å². The monoisotopic (exact) mass is 722 g/mol. The molecule has 0 bridgehead atoms. The number of ketones is 2. The van der Waals surface area contributed by atoms with E-state index >= 15 is 0 Å². The summed E-state index contributed by atoms with van der Waals surface area (Å²) in [6.45, 7) is 17.2. The molecular weight excluding hydrogens is 660 g/mol. The number of nitrogens with one attached hydrogen (secondary N) is 2. The number of aromatic nitrogens is 4. The van der Waals surface area contributed by atoms with Gasteiger partial charge in [-0.15, -0.1) is 0 Å². The summed E-state index contributed by atoms with van der Waals surface area (Å²) in [5.41, 5.74) is 15.0. The summed E-state index contributed by atoms with van der Waals surface area (Å²) in [6, 6.07) is 0. The Labute approximate surface area is 309 Å². The lowest BCUT2D eigenvalue weighted by Gasteiger charge is -2.35. The zero-order chi connectivity index (χ0) is 38.6. The molecule has 0 unspecified atom stereocenters. The van der Waals surface area contributed by atoms with Crippen molar-refractivity contribution < 1.29 is 19.2 Å². The Hall–Kier alpha value is -4.36. The van der Waals surface area contributed by atoms with E-state index in [1.807, 2.05) is 0 Å². The third kappa shape index (κ3) is 12.4. The van der Waals surface area contributed by atoms with E-state index in [2.05, 4.69) is 58.3 Å². The van der Waals surface area contributed by atoms with E-state index in [-0.39, 0.29) is 46.4 Å². The van der Waals surface area contributed by atoms with E-state index in [9.17, 15) is 19.2 Å². The number of carbonyl (C=O) groups is 4. The second-order valence-corrected chi connectivity index (χ2v) is 15.1. The highest BCUT2D eigenvalue weighted by Gasteiger charge is 2.31. The number of fused-ring (bicyclic) bond motifs is 2. The SMILES string of the molecule is CCCC[C@](C)(CCC(C)=O)Nc1nc(N)nc2c1CCN(C(C)=O)C2.CCCC[C@](C)(CCC(C)=O)Nc1nc(N)nc2c1CN(C(C)=O)CC2. The minimum Gasteiger partial charge on any atom is -0.368 e. The maximum absolute atomic E-state index is 11.8. The fourth-order valence-corrected chi connectivity index (χ4v) is 6.74. The second-order valence-electron chi connectivity index (χ2n) is 15.1. The van der Waals surface area contributed by atoms with Crippen molar-refractivity contribution >= 4 is 46.9 Å². The molecule has 0 saturated heterocycles. The van der Waals surface area contributed by atoms with Crippen LogP contribution in [-0.4, -0.2) is 77.3 Å². The van der Waals surface area contributed by atoms with Crippen LogP contribution in [0.25, 0.3) is 0 Å². The molecule has 0 saturated carbocycles. The highest BCUT2D eigenvalue weighted by molar-refractivity contribution is 5.76. The average Bonchev–Trinajstić information content (AvgIpc) is 3.08. The molecule has 52 heavy (non-hydrogen) atoms. The van der Waals surface area contributed by atoms with Gasteiger partial charge in [-0.25, -0.2) is 9.97 Å². The average molecular weight is 723 g/mol. The highest BCUT2D eigenvalue weighted by atomic mass is 16.2. The quantitative estimate of drug-likeness (QED) is 0.172. The lowest BCUT2D eigenvalue weighted by Crippen LogP contribution is -2.39. The number of unbranched alkanes of at least 4 members (excludes halogenated alkanes) is 2. The molecule has 0 radical (unpaired) electrons. The van der Waals surface area contributed by atoms with Gasteiger partial charge in [0.2, 0.25) is 23.7 Å². The fraction of sp³-hybridized carbons (Fsp3) is 0.684. The summed E-state index contributed by atoms with van der Waals surface area (Å²) in [5, 5.41) is 7.12. The first-order valence-electron chi connectivity index (χ1n) is 18.8. The van der Waals surface area contributed by atoms with Gasteiger partial charge in [-0.2, -0.15) is 9.97 Å². The molecule has 14 heteroatoms. The van der Waals surface area contributed by atoms with Crippen LogP contribution >= 0.6 is 0 Å². The van der Waals surface area contributed by atoms with Crippen LogP contribution in [0.1, 0.15) is 142 Å². The molecule has 2 aromatic rings. The minimum absolute atomic E-state index is 0.0385. The van der Waals surface area contributed by atoms with Crippen molar-refractivity contribution in [3.63, 3.8) is 0 Å². The molecule has 6 N–H and O–H groups in total. The third-order valence-corrected chi connectivity index (χ3v) is 10.1. The van der Waals surface area contributed by atoms with Crippen LogP contribution in [0.4, 0.5) is 23.5 Å². The van der Waals surface area contributed by atoms with E-state index < -0.39 is 0 Å². The number of anilines is 4. The van der Waals surface area contributed by atoms with Gasteiger partial charge in [-0.05, 0) is 59.8 Å². The number of nitrogens with two attached hydrogens (primary N) is 2. The van der Waals surface area contributed by atoms with Gasteiger partial charge in [0.25, 0.3) is 0 Å². The summed E-state index contributed by atoms with van der Waals surface area (Å²) in [7, 11) is 0. The molecule has 2 amide bonds. The Morgan fingerprint density at radius 3 is 1.54 bits per heavy atom. The second kappa shape index (κ2) is 18.9. The van der Waals surface area contributed by atoms with Crippen molar-refractivity contribution in [2.24, 2.45) is 0 Å². The fourth-order valence-electron chi connectivity index (χ4n) is 6.74. The van der Waals surface area contributed by atoms with Crippen LogP contribution in [0.5, 0.6) is 0 Å². The first-order valence-corrected chi connectivity index (χ1v) is 18.8. The molecule has 2 atom stereocenters. The van der Waals surface area contributed by atoms with E-state index in [1.165, 1.54) is 0 Å². The van der Waals surface area contributed by atoms with Gasteiger partial charge in [0.05, 0.1) is 24.5 Å². The van der Waals surface area contributed by atoms with Crippen molar-refractivity contribution in [3.8, 4) is 0 Å². The van der Waals surface area contributed by atoms with Gasteiger partial charge in [-0.3, -0.25) is 9.59 Å². The number of nitrogens with zero attached hydrogens (tertiary/aromatic N) is 6. The number of amides is 2. The third-order valence-electron chi connectivity index (χ3n) is 10.1. The van der Waals surface area contributed by atoms with Crippen LogP contribution in [0.3, 0.4) is 0 Å². The van der Waals surface area contributed by atoms with Gasteiger partial charge >= 0.3 is 0 Å². The zero-order valence-corrected chi connectivity index (χ0v) is 32.8. The summed E-state index contributed by atoms with van der Waals surface area (Å²) < 4.78 is 0. The summed E-state index contributed by atoms with van der Waals surface area (Å²) in [6.07, 6.45) is 10.1. The number of Topliss-reactive ketones (excluding diaryl/α,β-unsaturated/α-hetero) is 2. The Morgan fingerprint density at radius 2 is 1.08 bits per heavy atom. The lowest BCUT2D eigenvalue weighted by molar-refractivity contribution is -0.130. The predicted molar refractivity (Wildman–Crippen MR) is 205 cm³/mol. The molecular formula is C38H62N10O4. The summed E-state index contributed by atoms with van der Waals surface area (Å²) >= 11 is 0. The molecule has 0 fully saturated rings. The van der Waals surface area contributed by atoms with E-state index in [1.54, 1.807) is 37.5 Å². The van der Waals surface area contributed by atoms with E-state index in [0.717, 1.165) is 79.7 Å². The smallest absolute Gasteiger partial charge is 0.222 e. The Balaban J connectivity index is 0.000000280. The number of hydrogen-bond donors (Lipinski definition) is 4. The highest BCUT2D eigenvalue weighted by Crippen LogP contribution is 2.32. The van der Waals surface area contributed by atoms with Gasteiger partial charge in [0.15, 0.2) is 0 Å². The molecule has 2 aliphatic heterocycles. The van der Waals surface area contributed by atoms with Crippen LogP contribution in [0.15, 0.2) is 0 Å². The van der Waals surface area contributed by atoms with Crippen molar-refractivity contribution in [1.29, 1.82) is 0 Å². The molecule has 4 heterocycles. The molecule has 288 valence electrons. The van der Waals surface area contributed by atoms with E-state index in [4.69, 9.17) is 11.5 Å². The summed E-state index contributed by atoms with van der Waals surface area (Å²) in [5.74, 6) is 2.35. The molecule has 14 nitrogen and oxygen atoms in total. The Kier molecular flexibility index (Phi) is 15.3. The molecule has 0 aromatic carbocycles. The minimum atomic E-state index is -0.255. The first kappa shape index (κ1) is 42.1. The number of rotatable bonds is 16. The number of carbonyl (C=O) groups excluding carboxylic acids is 4. The molecule has 0 aliphatic carbocycles. The van der Waals surface area contributed by atoms with Gasteiger partial charge in [0, 0.05) is 68.4 Å². The Morgan fingerprint density at radius 1 is 0.635 bits per heavy atom. The number of hydrogen-bond acceptors (Lipinski definition) is 12. The van der Waals surface area contributed by atoms with E-state index in [0.29, 0.717) is 57.7 Å². The van der Waals surface area contributed by atoms with Gasteiger partial charge in [0.1, 0.15) is 23.2 Å². The predicted octanol–water partition coefficient (Wildman–Crippen LogP) is 5.39. The molecule has 2 aliphatic rings. The lowest BCUT2D eigenvalue weighted by atomic mass is 9.88. The standard InChI is InChI=1S/2C19H31N5O2/c1-5-6-9-19(4,10-7-13(2)25)23-17-15-12-24(14(3)26)11-8-16(15)21-18(20)22-17;1-5-6-9-19(4,10-7-13(2)25)23-17-15-8-11-24(14(3)26)12-16(15)21-18(20)22-17/h2*5-12H2,1-4H3,(H3,20,21,22,23)/t2*19-/m11/s1. The van der Waals surface area contributed by atoms with Crippen LogP contribution in [0, 0.1) is 0 Å². The first-order chi connectivity index (χ1) is 24.5. The molecule has 2 aromatic heterocycles. The van der Waals surface area contributed by atoms with Crippen molar-refractivity contribution in [1.82, 2.24) is 29.7 Å². The molecule has 0 spiro atoms. The van der Waals surface area contributed by atoms with Crippen molar-refractivity contribution in [2.45, 2.75) is 157 Å². The number of nitrogen functional groups attached to an aromatic ring is 2. The Bertz CT molecular complexity index is 1580. The van der Waals surface area contributed by atoms with Crippen LogP contribution in [-0.2, 0) is 45.1 Å². The largest absolute Gasteiger partial charge is 0.368 e. The maximum Gasteiger partial charge on any atom is 0.222 e. The molecule has 4 rings (SSSR count). The normalized spacial score (nSPS) is 15.9. The summed E-state index contributed by atoms with van der Waals surface area (Å²) in [4.78, 5) is 67.6.